The Morgan fingerprint density at radius 1 is 1.00 bits per heavy atom. The highest BCUT2D eigenvalue weighted by molar-refractivity contribution is 7.98. The first-order valence-electron chi connectivity index (χ1n) is 11.7. The summed E-state index contributed by atoms with van der Waals surface area (Å²) in [5.41, 5.74) is 4.12. The number of para-hydroxylation sites is 1. The highest BCUT2D eigenvalue weighted by Gasteiger charge is 2.24. The number of likely N-dealkylation sites (N-methyl/N-ethyl adjacent to an activating group) is 1. The molecule has 0 N–H and O–H groups in total. The molecule has 2 aromatic carbocycles. The lowest BCUT2D eigenvalue weighted by molar-refractivity contribution is 0.0642. The van der Waals surface area contributed by atoms with Crippen LogP contribution >= 0.6 is 11.8 Å². The van der Waals surface area contributed by atoms with Crippen molar-refractivity contribution >= 4 is 17.7 Å². The first-order valence-corrected chi connectivity index (χ1v) is 12.7. The molecule has 6 nitrogen and oxygen atoms in total. The van der Waals surface area contributed by atoms with Gasteiger partial charge in [-0.3, -0.25) is 9.36 Å². The van der Waals surface area contributed by atoms with E-state index in [0.29, 0.717) is 5.75 Å². The molecule has 7 heteroatoms. The molecule has 0 spiro atoms. The van der Waals surface area contributed by atoms with Crippen molar-refractivity contribution in [1.82, 2.24) is 24.6 Å². The molecule has 0 unspecified atom stereocenters. The Balaban J connectivity index is 1.57. The van der Waals surface area contributed by atoms with Crippen LogP contribution in [0.25, 0.3) is 5.69 Å². The van der Waals surface area contributed by atoms with Gasteiger partial charge in [0.15, 0.2) is 5.16 Å². The number of carbonyl (C=O) groups excluding carboxylic acids is 1. The van der Waals surface area contributed by atoms with E-state index in [9.17, 15) is 4.79 Å². The zero-order chi connectivity index (χ0) is 23.4. The Kier molecular flexibility index (Phi) is 7.50. The Morgan fingerprint density at radius 2 is 1.70 bits per heavy atom. The summed E-state index contributed by atoms with van der Waals surface area (Å²) in [6.07, 6.45) is 0. The molecule has 1 aliphatic rings. The summed E-state index contributed by atoms with van der Waals surface area (Å²) >= 11 is 1.63. The smallest absolute Gasteiger partial charge is 0.254 e. The van der Waals surface area contributed by atoms with Gasteiger partial charge in [-0.15, -0.1) is 10.2 Å². The summed E-state index contributed by atoms with van der Waals surface area (Å²) in [4.78, 5) is 17.7. The molecule has 2 heterocycles. The fraction of sp³-hybridized carbons (Fsp3) is 0.423. The lowest BCUT2D eigenvalue weighted by Gasteiger charge is -2.34. The van der Waals surface area contributed by atoms with Gasteiger partial charge in [-0.25, -0.2) is 0 Å². The van der Waals surface area contributed by atoms with Crippen LogP contribution in [0.5, 0.6) is 0 Å². The van der Waals surface area contributed by atoms with Crippen LogP contribution in [0.2, 0.25) is 0 Å². The van der Waals surface area contributed by atoms with Crippen molar-refractivity contribution in [1.29, 1.82) is 0 Å². The number of benzene rings is 2. The Bertz CT molecular complexity index is 1100. The number of aryl methyl sites for hydroxylation is 1. The van der Waals surface area contributed by atoms with Gasteiger partial charge in [0, 0.05) is 43.4 Å². The molecule has 174 valence electrons. The highest BCUT2D eigenvalue weighted by atomic mass is 32.2. The molecular formula is C26H33N5OS. The molecule has 0 atom stereocenters. The van der Waals surface area contributed by atoms with Crippen LogP contribution in [-0.2, 0) is 5.75 Å². The van der Waals surface area contributed by atoms with Crippen molar-refractivity contribution in [3.8, 4) is 5.69 Å². The quantitative estimate of drug-likeness (QED) is 0.473. The van der Waals surface area contributed by atoms with Gasteiger partial charge in [0.05, 0.1) is 5.69 Å². The number of amides is 1. The number of thioether (sulfide) groups is 1. The van der Waals surface area contributed by atoms with E-state index in [2.05, 4.69) is 65.6 Å². The summed E-state index contributed by atoms with van der Waals surface area (Å²) in [5, 5.41) is 9.88. The van der Waals surface area contributed by atoms with E-state index in [1.165, 1.54) is 5.56 Å². The topological polar surface area (TPSA) is 54.3 Å². The van der Waals surface area contributed by atoms with Gasteiger partial charge in [-0.1, -0.05) is 68.9 Å². The summed E-state index contributed by atoms with van der Waals surface area (Å²) in [5.74, 6) is 2.00. The molecule has 1 aromatic heterocycles. The molecule has 1 amide bonds. The van der Waals surface area contributed by atoms with E-state index < -0.39 is 0 Å². The van der Waals surface area contributed by atoms with Crippen LogP contribution in [0.3, 0.4) is 0 Å². The second-order valence-corrected chi connectivity index (χ2v) is 9.73. The van der Waals surface area contributed by atoms with Gasteiger partial charge in [0.1, 0.15) is 5.82 Å². The second kappa shape index (κ2) is 10.5. The molecule has 0 saturated carbocycles. The van der Waals surface area contributed by atoms with E-state index in [1.807, 2.05) is 35.2 Å². The third-order valence-corrected chi connectivity index (χ3v) is 7.22. The SMILES string of the molecule is CCN1CCN(C(=O)c2ccccc2CSc2nnc(C(C)C)n2-c2ccccc2C)CC1. The second-order valence-electron chi connectivity index (χ2n) is 8.79. The van der Waals surface area contributed by atoms with Crippen LogP contribution in [0.4, 0.5) is 0 Å². The van der Waals surface area contributed by atoms with Crippen LogP contribution in [-0.4, -0.2) is 63.2 Å². The summed E-state index contributed by atoms with van der Waals surface area (Å²) < 4.78 is 2.17. The fourth-order valence-electron chi connectivity index (χ4n) is 4.22. The predicted octanol–water partition coefficient (Wildman–Crippen LogP) is 4.77. The van der Waals surface area contributed by atoms with Crippen molar-refractivity contribution < 1.29 is 4.79 Å². The maximum atomic E-state index is 13.3. The van der Waals surface area contributed by atoms with Crippen LogP contribution in [0, 0.1) is 6.92 Å². The molecule has 1 saturated heterocycles. The Morgan fingerprint density at radius 3 is 2.39 bits per heavy atom. The molecular weight excluding hydrogens is 430 g/mol. The molecule has 0 aliphatic carbocycles. The van der Waals surface area contributed by atoms with Crippen LogP contribution in [0.15, 0.2) is 53.7 Å². The lowest BCUT2D eigenvalue weighted by Crippen LogP contribution is -2.48. The zero-order valence-corrected chi connectivity index (χ0v) is 20.8. The minimum atomic E-state index is 0.130. The summed E-state index contributed by atoms with van der Waals surface area (Å²) in [6.45, 7) is 13.0. The first-order chi connectivity index (χ1) is 16.0. The zero-order valence-electron chi connectivity index (χ0n) is 20.0. The van der Waals surface area contributed by atoms with Gasteiger partial charge >= 0.3 is 0 Å². The predicted molar refractivity (Wildman–Crippen MR) is 134 cm³/mol. The van der Waals surface area contributed by atoms with Crippen molar-refractivity contribution in [3.63, 3.8) is 0 Å². The standard InChI is InChI=1S/C26H33N5OS/c1-5-29-14-16-30(17-15-29)25(32)22-12-8-7-11-21(22)18-33-26-28-27-24(19(2)3)31(26)23-13-9-6-10-20(23)4/h6-13,19H,5,14-18H2,1-4H3. The van der Waals surface area contributed by atoms with Gasteiger partial charge in [0.25, 0.3) is 5.91 Å². The van der Waals surface area contributed by atoms with Gasteiger partial charge in [-0.2, -0.15) is 0 Å². The van der Waals surface area contributed by atoms with E-state index >= 15 is 0 Å². The average molecular weight is 464 g/mol. The number of rotatable bonds is 7. The summed E-state index contributed by atoms with van der Waals surface area (Å²) in [6, 6.07) is 16.3. The fourth-order valence-corrected chi connectivity index (χ4v) is 5.18. The largest absolute Gasteiger partial charge is 0.336 e. The third-order valence-electron chi connectivity index (χ3n) is 6.24. The van der Waals surface area contributed by atoms with Crippen molar-refractivity contribution in [2.45, 2.75) is 44.5 Å². The van der Waals surface area contributed by atoms with Gasteiger partial charge < -0.3 is 9.80 Å². The number of carbonyl (C=O) groups is 1. The molecule has 1 aliphatic heterocycles. The number of hydrogen-bond acceptors (Lipinski definition) is 5. The number of hydrogen-bond donors (Lipinski definition) is 0. The molecule has 1 fully saturated rings. The van der Waals surface area contributed by atoms with E-state index in [-0.39, 0.29) is 11.8 Å². The number of nitrogens with zero attached hydrogens (tertiary/aromatic N) is 5. The monoisotopic (exact) mass is 463 g/mol. The average Bonchev–Trinajstić information content (AvgIpc) is 3.27. The Hall–Kier alpha value is -2.64. The minimum Gasteiger partial charge on any atom is -0.336 e. The molecule has 4 rings (SSSR count). The first kappa shape index (κ1) is 23.5. The lowest BCUT2D eigenvalue weighted by atomic mass is 10.1. The third kappa shape index (κ3) is 5.14. The maximum absolute atomic E-state index is 13.3. The minimum absolute atomic E-state index is 0.130. The Labute approximate surface area is 201 Å². The highest BCUT2D eigenvalue weighted by Crippen LogP contribution is 2.30. The molecule has 3 aromatic rings. The van der Waals surface area contributed by atoms with E-state index in [4.69, 9.17) is 0 Å². The van der Waals surface area contributed by atoms with Gasteiger partial charge in [0.2, 0.25) is 0 Å². The van der Waals surface area contributed by atoms with Crippen molar-refractivity contribution in [2.24, 2.45) is 0 Å². The van der Waals surface area contributed by atoms with Gasteiger partial charge in [-0.05, 0) is 36.7 Å². The van der Waals surface area contributed by atoms with E-state index in [1.54, 1.807) is 11.8 Å². The van der Waals surface area contributed by atoms with Crippen LogP contribution in [0.1, 0.15) is 54.0 Å². The summed E-state index contributed by atoms with van der Waals surface area (Å²) in [7, 11) is 0. The number of piperazine rings is 1. The maximum Gasteiger partial charge on any atom is 0.254 e. The normalized spacial score (nSPS) is 14.8. The molecule has 33 heavy (non-hydrogen) atoms. The van der Waals surface area contributed by atoms with Crippen LogP contribution < -0.4 is 0 Å². The van der Waals surface area contributed by atoms with E-state index in [0.717, 1.165) is 60.5 Å². The molecule has 0 bridgehead atoms. The molecule has 0 radical (unpaired) electrons. The van der Waals surface area contributed by atoms with Crippen molar-refractivity contribution in [2.75, 3.05) is 32.7 Å². The number of aromatic nitrogens is 3. The van der Waals surface area contributed by atoms with Crippen molar-refractivity contribution in [3.05, 3.63) is 71.0 Å².